The fourth-order valence-corrected chi connectivity index (χ4v) is 2.21. The van der Waals surface area contributed by atoms with Gasteiger partial charge in [-0.15, -0.1) is 0 Å². The number of rotatable bonds is 4. The van der Waals surface area contributed by atoms with Crippen LogP contribution in [-0.4, -0.2) is 13.3 Å². The molecule has 0 aromatic carbocycles. The zero-order valence-corrected chi connectivity index (χ0v) is 13.5. The van der Waals surface area contributed by atoms with Crippen LogP contribution < -0.4 is 0 Å². The van der Waals surface area contributed by atoms with Crippen LogP contribution in [0.3, 0.4) is 0 Å². The molecule has 18 heavy (non-hydrogen) atoms. The van der Waals surface area contributed by atoms with Crippen molar-refractivity contribution in [1.82, 2.24) is 4.98 Å². The Morgan fingerprint density at radius 3 is 2.44 bits per heavy atom. The third-order valence-electron chi connectivity index (χ3n) is 3.63. The molecular weight excluding hydrogens is 238 g/mol. The summed E-state index contributed by atoms with van der Waals surface area (Å²) in [6.07, 6.45) is 0. The monoisotopic (exact) mass is 263 g/mol. The van der Waals surface area contributed by atoms with E-state index in [0.29, 0.717) is 6.61 Å². The number of pyridine rings is 1. The lowest BCUT2D eigenvalue weighted by atomic mass is 10.2. The van der Waals surface area contributed by atoms with Crippen LogP contribution in [0, 0.1) is 0 Å². The van der Waals surface area contributed by atoms with Crippen LogP contribution >= 0.6 is 0 Å². The first-order valence-corrected chi connectivity index (χ1v) is 9.30. The highest BCUT2D eigenvalue weighted by Gasteiger charge is 2.37. The molecule has 0 fully saturated rings. The lowest BCUT2D eigenvalue weighted by molar-refractivity contribution is 0.272. The molecule has 0 spiro atoms. The number of nitrogens with zero attached hydrogens (tertiary/aromatic N) is 1. The largest absolute Gasteiger partial charge is 0.411 e. The van der Waals surface area contributed by atoms with Crippen molar-refractivity contribution in [3.05, 3.63) is 36.2 Å². The highest BCUT2D eigenvalue weighted by molar-refractivity contribution is 6.74. The second-order valence-electron chi connectivity index (χ2n) is 6.34. The van der Waals surface area contributed by atoms with E-state index in [1.54, 1.807) is 0 Å². The van der Waals surface area contributed by atoms with Crippen LogP contribution in [0.25, 0.3) is 5.57 Å². The number of aromatic nitrogens is 1. The van der Waals surface area contributed by atoms with Gasteiger partial charge in [0, 0.05) is 0 Å². The molecule has 1 heterocycles. The molecule has 0 saturated carbocycles. The molecule has 1 aromatic heterocycles. The summed E-state index contributed by atoms with van der Waals surface area (Å²) >= 11 is 0. The average Bonchev–Trinajstić information content (AvgIpc) is 2.25. The van der Waals surface area contributed by atoms with E-state index in [1.807, 2.05) is 25.1 Å². The maximum absolute atomic E-state index is 6.16. The van der Waals surface area contributed by atoms with Crippen molar-refractivity contribution in [3.8, 4) is 0 Å². The second kappa shape index (κ2) is 5.37. The minimum absolute atomic E-state index is 0.235. The van der Waals surface area contributed by atoms with E-state index in [-0.39, 0.29) is 5.04 Å². The van der Waals surface area contributed by atoms with Gasteiger partial charge in [0.25, 0.3) is 0 Å². The molecule has 2 nitrogen and oxygen atoms in total. The van der Waals surface area contributed by atoms with E-state index < -0.39 is 8.32 Å². The third-order valence-corrected chi connectivity index (χ3v) is 8.11. The summed E-state index contributed by atoms with van der Waals surface area (Å²) in [5.74, 6) is 0. The summed E-state index contributed by atoms with van der Waals surface area (Å²) in [4.78, 5) is 4.56. The highest BCUT2D eigenvalue weighted by atomic mass is 28.4. The molecule has 0 saturated heterocycles. The van der Waals surface area contributed by atoms with Gasteiger partial charge in [0.1, 0.15) is 0 Å². The predicted molar refractivity (Wildman–Crippen MR) is 80.9 cm³/mol. The predicted octanol–water partition coefficient (Wildman–Crippen LogP) is 4.64. The van der Waals surface area contributed by atoms with Crippen molar-refractivity contribution < 1.29 is 4.43 Å². The first-order valence-electron chi connectivity index (χ1n) is 6.39. The van der Waals surface area contributed by atoms with Gasteiger partial charge in [-0.05, 0) is 42.8 Å². The Labute approximate surface area is 112 Å². The van der Waals surface area contributed by atoms with Crippen molar-refractivity contribution in [2.75, 3.05) is 0 Å². The zero-order valence-electron chi connectivity index (χ0n) is 12.5. The van der Waals surface area contributed by atoms with Crippen LogP contribution in [0.15, 0.2) is 24.8 Å². The molecule has 0 bridgehead atoms. The van der Waals surface area contributed by atoms with E-state index in [0.717, 1.165) is 17.0 Å². The molecule has 0 radical (unpaired) electrons. The molecule has 3 heteroatoms. The Balaban J connectivity index is 2.75. The highest BCUT2D eigenvalue weighted by Crippen LogP contribution is 2.36. The third kappa shape index (κ3) is 3.78. The van der Waals surface area contributed by atoms with Crippen molar-refractivity contribution in [2.24, 2.45) is 0 Å². The molecule has 0 aliphatic carbocycles. The SMILES string of the molecule is C=C(C)c1cccc(CO[Si](C)(C)C(C)(C)C)n1. The molecule has 100 valence electrons. The van der Waals surface area contributed by atoms with Gasteiger partial charge in [0.2, 0.25) is 0 Å². The minimum Gasteiger partial charge on any atom is -0.411 e. The first-order chi connectivity index (χ1) is 8.13. The van der Waals surface area contributed by atoms with Gasteiger partial charge >= 0.3 is 0 Å². The van der Waals surface area contributed by atoms with Crippen molar-refractivity contribution in [3.63, 3.8) is 0 Å². The molecule has 0 amide bonds. The van der Waals surface area contributed by atoms with E-state index in [9.17, 15) is 0 Å². The minimum atomic E-state index is -1.69. The van der Waals surface area contributed by atoms with E-state index in [4.69, 9.17) is 4.43 Å². The van der Waals surface area contributed by atoms with E-state index in [2.05, 4.69) is 45.4 Å². The van der Waals surface area contributed by atoms with Crippen LogP contribution in [0.2, 0.25) is 18.1 Å². The summed E-state index contributed by atoms with van der Waals surface area (Å²) in [5, 5.41) is 0.235. The topological polar surface area (TPSA) is 22.1 Å². The van der Waals surface area contributed by atoms with Crippen molar-refractivity contribution >= 4 is 13.9 Å². The molecule has 0 N–H and O–H groups in total. The van der Waals surface area contributed by atoms with Crippen LogP contribution in [0.1, 0.15) is 39.1 Å². The summed E-state index contributed by atoms with van der Waals surface area (Å²) in [7, 11) is -1.69. The lowest BCUT2D eigenvalue weighted by Crippen LogP contribution is -2.40. The van der Waals surface area contributed by atoms with E-state index in [1.165, 1.54) is 0 Å². The fraction of sp³-hybridized carbons (Fsp3) is 0.533. The summed E-state index contributed by atoms with van der Waals surface area (Å²) in [6, 6.07) is 6.01. The number of hydrogen-bond donors (Lipinski definition) is 0. The standard InChI is InChI=1S/C15H25NOSi/c1-12(2)14-10-8-9-13(16-14)11-17-18(6,7)15(3,4)5/h8-10H,1,11H2,2-7H3. The van der Waals surface area contributed by atoms with Gasteiger partial charge < -0.3 is 4.43 Å². The first kappa shape index (κ1) is 15.1. The molecule has 0 aliphatic rings. The van der Waals surface area contributed by atoms with Gasteiger partial charge in [0.15, 0.2) is 8.32 Å². The maximum Gasteiger partial charge on any atom is 0.192 e. The molecular formula is C15H25NOSi. The Hall–Kier alpha value is -0.933. The average molecular weight is 263 g/mol. The second-order valence-corrected chi connectivity index (χ2v) is 11.2. The van der Waals surface area contributed by atoms with Crippen LogP contribution in [0.4, 0.5) is 0 Å². The van der Waals surface area contributed by atoms with Gasteiger partial charge in [-0.2, -0.15) is 0 Å². The molecule has 1 aromatic rings. The van der Waals surface area contributed by atoms with Gasteiger partial charge in [0.05, 0.1) is 18.0 Å². The van der Waals surface area contributed by atoms with E-state index >= 15 is 0 Å². The normalized spacial score (nSPS) is 12.6. The molecule has 0 unspecified atom stereocenters. The summed E-state index contributed by atoms with van der Waals surface area (Å²) < 4.78 is 6.16. The fourth-order valence-electron chi connectivity index (χ4n) is 1.27. The Morgan fingerprint density at radius 2 is 1.94 bits per heavy atom. The zero-order chi connectivity index (χ0) is 14.0. The lowest BCUT2D eigenvalue weighted by Gasteiger charge is -2.36. The molecule has 1 rings (SSSR count). The number of allylic oxidation sites excluding steroid dienone is 1. The summed E-state index contributed by atoms with van der Waals surface area (Å²) in [6.45, 7) is 17.7. The van der Waals surface area contributed by atoms with Crippen molar-refractivity contribution in [2.45, 2.75) is 52.4 Å². The molecule has 0 atom stereocenters. The molecule has 0 aliphatic heterocycles. The van der Waals surface area contributed by atoms with Crippen LogP contribution in [0.5, 0.6) is 0 Å². The number of hydrogen-bond acceptors (Lipinski definition) is 2. The van der Waals surface area contributed by atoms with Gasteiger partial charge in [-0.25, -0.2) is 0 Å². The van der Waals surface area contributed by atoms with Crippen LogP contribution in [-0.2, 0) is 11.0 Å². The summed E-state index contributed by atoms with van der Waals surface area (Å²) in [5.41, 5.74) is 2.93. The van der Waals surface area contributed by atoms with Gasteiger partial charge in [-0.1, -0.05) is 33.4 Å². The van der Waals surface area contributed by atoms with Crippen molar-refractivity contribution in [1.29, 1.82) is 0 Å². The maximum atomic E-state index is 6.16. The quantitative estimate of drug-likeness (QED) is 0.738. The van der Waals surface area contributed by atoms with Gasteiger partial charge in [-0.3, -0.25) is 4.98 Å². The Morgan fingerprint density at radius 1 is 1.33 bits per heavy atom. The Bertz CT molecular complexity index is 432. The smallest absolute Gasteiger partial charge is 0.192 e. The Kier molecular flexibility index (Phi) is 4.51.